The van der Waals surface area contributed by atoms with Crippen molar-refractivity contribution in [3.63, 3.8) is 0 Å². The number of fused-ring (bicyclic) bond motifs is 2. The van der Waals surface area contributed by atoms with E-state index in [0.29, 0.717) is 56.0 Å². The summed E-state index contributed by atoms with van der Waals surface area (Å²) in [5, 5.41) is 15.6. The second-order valence-corrected chi connectivity index (χ2v) is 19.8. The molecular weight excluding hydrogens is 790 g/mol. The Morgan fingerprint density at radius 3 is 2.49 bits per heavy atom. The van der Waals surface area contributed by atoms with Crippen LogP contribution in [0.4, 0.5) is 18.0 Å². The maximum absolute atomic E-state index is 14.9. The third kappa shape index (κ3) is 8.36. The van der Waals surface area contributed by atoms with Crippen LogP contribution in [0.3, 0.4) is 0 Å². The van der Waals surface area contributed by atoms with E-state index in [2.05, 4.69) is 20.0 Å². The number of carboxylic acid groups (broad SMARTS) is 1. The molecule has 2 aromatic rings. The summed E-state index contributed by atoms with van der Waals surface area (Å²) in [6.07, 6.45) is -1.17. The van der Waals surface area contributed by atoms with Gasteiger partial charge in [0.1, 0.15) is 45.7 Å². The number of aryl methyl sites for hydroxylation is 1. The van der Waals surface area contributed by atoms with Crippen LogP contribution in [-0.4, -0.2) is 104 Å². The second-order valence-electron chi connectivity index (χ2n) is 16.8. The fourth-order valence-corrected chi connectivity index (χ4v) is 9.93. The van der Waals surface area contributed by atoms with Crippen LogP contribution in [0, 0.1) is 24.7 Å². The average Bonchev–Trinajstić information content (AvgIpc) is 3.91. The Bertz CT molecular complexity index is 2050. The minimum absolute atomic E-state index is 0.0612. The highest BCUT2D eigenvalue weighted by atomic mass is 32.2. The van der Waals surface area contributed by atoms with Crippen LogP contribution in [0.15, 0.2) is 35.9 Å². The number of thiazole rings is 1. The molecule has 0 spiro atoms. The van der Waals surface area contributed by atoms with E-state index in [0.717, 1.165) is 10.6 Å². The van der Waals surface area contributed by atoms with Gasteiger partial charge in [-0.2, -0.15) is 13.2 Å². The van der Waals surface area contributed by atoms with E-state index in [1.165, 1.54) is 31.4 Å². The molecule has 2 aliphatic heterocycles. The standard InChI is InChI=1S/C38H49F3N6O8S2/c1-21-9-7-8-10-24-18-37(24,33(50)45-57(53,54)36(6)12-13-36)44-30(48)28-17-26(55-25-11-14-42-27(16-25)31-43-23(3)20-56-31)19-46(28)32(49)29(22(2)15-21)47(34(51)52)35(4,5)38(39,40)41/h8,10-11,14,16,20-22,24,26,28-29H,7,9,12-13,15,17-19H2,1-6H3,(H,44,48)(H,45,50)(H,51,52)/b10-8-/t21-,22-,24-,26-,28+,29+,37-/m1/s1. The fourth-order valence-electron chi connectivity index (χ4n) is 7.85. The van der Waals surface area contributed by atoms with E-state index in [9.17, 15) is 45.9 Å². The van der Waals surface area contributed by atoms with Crippen molar-refractivity contribution in [2.75, 3.05) is 6.54 Å². The van der Waals surface area contributed by atoms with Gasteiger partial charge in [-0.3, -0.25) is 29.0 Å². The molecule has 4 amide bonds. The van der Waals surface area contributed by atoms with Crippen LogP contribution >= 0.6 is 11.3 Å². The Kier molecular flexibility index (Phi) is 11.3. The van der Waals surface area contributed by atoms with E-state index in [1.54, 1.807) is 18.2 Å². The van der Waals surface area contributed by atoms with Gasteiger partial charge in [-0.05, 0) is 84.1 Å². The molecule has 4 heterocycles. The Morgan fingerprint density at radius 1 is 1.18 bits per heavy atom. The summed E-state index contributed by atoms with van der Waals surface area (Å²) in [6, 6.07) is -0.137. The first-order chi connectivity index (χ1) is 26.5. The number of pyridine rings is 1. The molecule has 3 fully saturated rings. The number of carbonyl (C=O) groups excluding carboxylic acids is 3. The smallest absolute Gasteiger partial charge is 0.411 e. The molecule has 57 heavy (non-hydrogen) atoms. The summed E-state index contributed by atoms with van der Waals surface area (Å²) in [6.45, 7) is 7.80. The minimum atomic E-state index is -5.08. The van der Waals surface area contributed by atoms with Crippen LogP contribution in [-0.2, 0) is 24.4 Å². The number of aromatic nitrogens is 2. The molecule has 0 bridgehead atoms. The lowest BCUT2D eigenvalue weighted by Gasteiger charge is -2.45. The van der Waals surface area contributed by atoms with Crippen molar-refractivity contribution < 1.29 is 50.6 Å². The Balaban J connectivity index is 1.40. The molecule has 2 aliphatic carbocycles. The first kappa shape index (κ1) is 42.3. The molecular formula is C38H49F3N6O8S2. The van der Waals surface area contributed by atoms with Gasteiger partial charge in [0.15, 0.2) is 0 Å². The highest BCUT2D eigenvalue weighted by Gasteiger charge is 2.64. The quantitative estimate of drug-likeness (QED) is 0.289. The molecule has 0 aromatic carbocycles. The fraction of sp³-hybridized carbons (Fsp3) is 0.632. The molecule has 0 unspecified atom stereocenters. The number of allylic oxidation sites excluding steroid dienone is 1. The maximum Gasteiger partial charge on any atom is 0.411 e. The first-order valence-electron chi connectivity index (χ1n) is 19.0. The Labute approximate surface area is 333 Å². The second kappa shape index (κ2) is 15.2. The number of hydrogen-bond donors (Lipinski definition) is 3. The van der Waals surface area contributed by atoms with E-state index in [1.807, 2.05) is 25.3 Å². The number of ether oxygens (including phenoxy) is 1. The number of alkyl halides is 3. The van der Waals surface area contributed by atoms with Crippen molar-refractivity contribution in [1.29, 1.82) is 0 Å². The van der Waals surface area contributed by atoms with Crippen LogP contribution in [0.25, 0.3) is 10.7 Å². The highest BCUT2D eigenvalue weighted by molar-refractivity contribution is 7.91. The van der Waals surface area contributed by atoms with Crippen LogP contribution in [0.2, 0.25) is 0 Å². The lowest BCUT2D eigenvalue weighted by Crippen LogP contribution is -2.66. The first-order valence-corrected chi connectivity index (χ1v) is 21.4. The lowest BCUT2D eigenvalue weighted by molar-refractivity contribution is -0.222. The monoisotopic (exact) mass is 838 g/mol. The predicted octanol–water partition coefficient (Wildman–Crippen LogP) is 5.44. The molecule has 6 rings (SSSR count). The normalized spacial score (nSPS) is 29.8. The summed E-state index contributed by atoms with van der Waals surface area (Å²) in [5.41, 5.74) is -3.44. The summed E-state index contributed by atoms with van der Waals surface area (Å²) in [5.74, 6) is -4.23. The van der Waals surface area contributed by atoms with Crippen molar-refractivity contribution in [2.24, 2.45) is 17.8 Å². The molecule has 2 aromatic heterocycles. The van der Waals surface area contributed by atoms with Crippen LogP contribution in [0.5, 0.6) is 5.75 Å². The number of nitrogens with one attached hydrogen (secondary N) is 2. The van der Waals surface area contributed by atoms with Gasteiger partial charge in [0, 0.05) is 35.7 Å². The van der Waals surface area contributed by atoms with Crippen molar-refractivity contribution in [3.05, 3.63) is 41.6 Å². The number of rotatable bonds is 8. The predicted molar refractivity (Wildman–Crippen MR) is 203 cm³/mol. The van der Waals surface area contributed by atoms with Gasteiger partial charge in [0.25, 0.3) is 5.91 Å². The topological polar surface area (TPSA) is 188 Å². The lowest BCUT2D eigenvalue weighted by atomic mass is 9.85. The summed E-state index contributed by atoms with van der Waals surface area (Å²) in [7, 11) is -4.11. The molecule has 4 aliphatic rings. The summed E-state index contributed by atoms with van der Waals surface area (Å²) in [4.78, 5) is 66.2. The van der Waals surface area contributed by atoms with Crippen molar-refractivity contribution in [1.82, 2.24) is 29.8 Å². The number of carbonyl (C=O) groups is 4. The molecule has 14 nitrogen and oxygen atoms in total. The molecule has 19 heteroatoms. The third-order valence-electron chi connectivity index (χ3n) is 11.9. The minimum Gasteiger partial charge on any atom is -0.488 e. The number of halogens is 3. The SMILES string of the molecule is Cc1csc(-c2cc(O[C@@H]3C[C@H]4C(=O)N[C@]5(C(=O)NS(=O)(=O)C6(C)CC6)C[C@H]5/C=C\CC[C@@H](C)C[C@@H](C)[C@H](N(C(=O)O)C(C)(C)C(F)(F)F)C(=O)N4C3)ccn2)n1. The van der Waals surface area contributed by atoms with Crippen LogP contribution in [0.1, 0.15) is 85.3 Å². The number of nitrogens with zero attached hydrogens (tertiary/aromatic N) is 4. The maximum atomic E-state index is 14.9. The van der Waals surface area contributed by atoms with Crippen LogP contribution < -0.4 is 14.8 Å². The van der Waals surface area contributed by atoms with E-state index in [-0.39, 0.29) is 36.6 Å². The van der Waals surface area contributed by atoms with Crippen molar-refractivity contribution in [3.8, 4) is 16.5 Å². The average molecular weight is 839 g/mol. The van der Waals surface area contributed by atoms with Gasteiger partial charge in [0.2, 0.25) is 21.8 Å². The molecule has 2 saturated carbocycles. The van der Waals surface area contributed by atoms with E-state index < -0.39 is 85.9 Å². The third-order valence-corrected chi connectivity index (χ3v) is 15.0. The van der Waals surface area contributed by atoms with Gasteiger partial charge >= 0.3 is 12.3 Å². The number of amides is 4. The summed E-state index contributed by atoms with van der Waals surface area (Å²) >= 11 is 1.37. The zero-order valence-corrected chi connectivity index (χ0v) is 34.3. The van der Waals surface area contributed by atoms with E-state index in [4.69, 9.17) is 4.74 Å². The Morgan fingerprint density at radius 2 is 1.88 bits per heavy atom. The molecule has 7 atom stereocenters. The molecule has 312 valence electrons. The van der Waals surface area contributed by atoms with Gasteiger partial charge in [-0.15, -0.1) is 11.3 Å². The zero-order chi connectivity index (χ0) is 41.9. The van der Waals surface area contributed by atoms with Crippen molar-refractivity contribution in [2.45, 2.75) is 127 Å². The highest BCUT2D eigenvalue weighted by Crippen LogP contribution is 2.48. The number of sulfonamides is 1. The van der Waals surface area contributed by atoms with Gasteiger partial charge in [0.05, 0.1) is 11.3 Å². The summed E-state index contributed by atoms with van der Waals surface area (Å²) < 4.78 is 77.7. The molecule has 1 saturated heterocycles. The molecule has 0 radical (unpaired) electrons. The van der Waals surface area contributed by atoms with E-state index >= 15 is 0 Å². The largest absolute Gasteiger partial charge is 0.488 e. The Hall–Kier alpha value is -4.26. The van der Waals surface area contributed by atoms with Gasteiger partial charge in [-0.25, -0.2) is 18.2 Å². The zero-order valence-electron chi connectivity index (χ0n) is 32.6. The number of hydrogen-bond acceptors (Lipinski definition) is 10. The van der Waals surface area contributed by atoms with Crippen molar-refractivity contribution >= 4 is 45.2 Å². The molecule has 3 N–H and O–H groups in total. The van der Waals surface area contributed by atoms with Gasteiger partial charge < -0.3 is 20.1 Å². The van der Waals surface area contributed by atoms with Gasteiger partial charge in [-0.1, -0.05) is 26.0 Å².